The third-order valence-electron chi connectivity index (χ3n) is 4.70. The second-order valence-electron chi connectivity index (χ2n) is 7.28. The van der Waals surface area contributed by atoms with E-state index < -0.39 is 0 Å². The number of hydrogen-bond donors (Lipinski definition) is 1. The second-order valence-corrected chi connectivity index (χ2v) is 7.68. The minimum Gasteiger partial charge on any atom is -0.493 e. The molecule has 0 bridgehead atoms. The van der Waals surface area contributed by atoms with E-state index in [-0.39, 0.29) is 23.3 Å². The Bertz CT molecular complexity index is 1190. The van der Waals surface area contributed by atoms with Crippen molar-refractivity contribution >= 4 is 34.8 Å². The molecule has 0 aliphatic rings. The SMILES string of the molecule is COc1cc(/C=C(\C#N)c2ccc(C)cc2)cc(Cl)c1OCC(=O)Nc1cccc(C)c1. The van der Waals surface area contributed by atoms with E-state index in [0.29, 0.717) is 22.6 Å². The molecule has 0 saturated heterocycles. The molecule has 162 valence electrons. The van der Waals surface area contributed by atoms with Crippen LogP contribution in [0.1, 0.15) is 22.3 Å². The molecule has 3 aromatic rings. The van der Waals surface area contributed by atoms with Crippen LogP contribution >= 0.6 is 11.6 Å². The zero-order valence-corrected chi connectivity index (χ0v) is 18.9. The van der Waals surface area contributed by atoms with Crippen molar-refractivity contribution < 1.29 is 14.3 Å². The number of aryl methyl sites for hydroxylation is 2. The Morgan fingerprint density at radius 2 is 1.84 bits per heavy atom. The molecular formula is C26H23ClN2O3. The summed E-state index contributed by atoms with van der Waals surface area (Å²) < 4.78 is 11.1. The van der Waals surface area contributed by atoms with Gasteiger partial charge in [-0.25, -0.2) is 0 Å². The smallest absolute Gasteiger partial charge is 0.262 e. The van der Waals surface area contributed by atoms with Crippen molar-refractivity contribution in [1.29, 1.82) is 5.26 Å². The first-order valence-electron chi connectivity index (χ1n) is 9.95. The standard InChI is InChI=1S/C26H23ClN2O3/c1-17-7-9-20(10-8-17)21(15-28)12-19-13-23(27)26(24(14-19)31-3)32-16-25(30)29-22-6-4-5-18(2)11-22/h4-14H,16H2,1-3H3,(H,29,30)/b21-12+. The number of rotatable bonds is 7. The van der Waals surface area contributed by atoms with Gasteiger partial charge in [-0.3, -0.25) is 4.79 Å². The number of nitrogens with one attached hydrogen (secondary N) is 1. The predicted octanol–water partition coefficient (Wildman–Crippen LogP) is 6.05. The van der Waals surface area contributed by atoms with E-state index in [2.05, 4.69) is 11.4 Å². The third-order valence-corrected chi connectivity index (χ3v) is 4.98. The zero-order valence-electron chi connectivity index (χ0n) is 18.1. The summed E-state index contributed by atoms with van der Waals surface area (Å²) in [6.07, 6.45) is 1.73. The summed E-state index contributed by atoms with van der Waals surface area (Å²) >= 11 is 6.42. The number of halogens is 1. The van der Waals surface area contributed by atoms with Gasteiger partial charge >= 0.3 is 0 Å². The summed E-state index contributed by atoms with van der Waals surface area (Å²) in [5, 5.41) is 12.7. The molecule has 0 radical (unpaired) electrons. The van der Waals surface area contributed by atoms with Crippen molar-refractivity contribution in [3.63, 3.8) is 0 Å². The zero-order chi connectivity index (χ0) is 23.1. The van der Waals surface area contributed by atoms with Crippen LogP contribution in [0.4, 0.5) is 5.69 Å². The molecule has 1 N–H and O–H groups in total. The van der Waals surface area contributed by atoms with Gasteiger partial charge in [0, 0.05) is 5.69 Å². The lowest BCUT2D eigenvalue weighted by Gasteiger charge is -2.14. The van der Waals surface area contributed by atoms with Crippen LogP contribution in [0.3, 0.4) is 0 Å². The van der Waals surface area contributed by atoms with Crippen LogP contribution in [0.2, 0.25) is 5.02 Å². The monoisotopic (exact) mass is 446 g/mol. The van der Waals surface area contributed by atoms with Crippen LogP contribution in [0.25, 0.3) is 11.6 Å². The Hall–Kier alpha value is -3.75. The van der Waals surface area contributed by atoms with Crippen molar-refractivity contribution in [3.8, 4) is 17.6 Å². The van der Waals surface area contributed by atoms with Crippen molar-refractivity contribution in [2.45, 2.75) is 13.8 Å². The number of methoxy groups -OCH3 is 1. The third kappa shape index (κ3) is 5.90. The number of carbonyl (C=O) groups excluding carboxylic acids is 1. The lowest BCUT2D eigenvalue weighted by atomic mass is 10.0. The maximum Gasteiger partial charge on any atom is 0.262 e. The number of carbonyl (C=O) groups is 1. The van der Waals surface area contributed by atoms with Crippen LogP contribution < -0.4 is 14.8 Å². The normalized spacial score (nSPS) is 10.9. The molecule has 6 heteroatoms. The van der Waals surface area contributed by atoms with Crippen molar-refractivity contribution in [2.24, 2.45) is 0 Å². The quantitative estimate of drug-likeness (QED) is 0.354. The van der Waals surface area contributed by atoms with E-state index in [1.54, 1.807) is 24.3 Å². The Balaban J connectivity index is 1.78. The summed E-state index contributed by atoms with van der Waals surface area (Å²) in [6, 6.07) is 20.8. The maximum atomic E-state index is 12.3. The van der Waals surface area contributed by atoms with Gasteiger partial charge in [-0.2, -0.15) is 5.26 Å². The van der Waals surface area contributed by atoms with Crippen LogP contribution in [-0.4, -0.2) is 19.6 Å². The summed E-state index contributed by atoms with van der Waals surface area (Å²) in [7, 11) is 1.49. The topological polar surface area (TPSA) is 71.3 Å². The fourth-order valence-electron chi connectivity index (χ4n) is 3.10. The molecule has 1 amide bonds. The highest BCUT2D eigenvalue weighted by molar-refractivity contribution is 6.32. The van der Waals surface area contributed by atoms with E-state index in [4.69, 9.17) is 21.1 Å². The summed E-state index contributed by atoms with van der Waals surface area (Å²) in [5.41, 5.74) is 4.83. The molecule has 0 heterocycles. The first-order chi connectivity index (χ1) is 15.4. The number of amides is 1. The van der Waals surface area contributed by atoms with Gasteiger partial charge in [0.25, 0.3) is 5.91 Å². The van der Waals surface area contributed by atoms with Gasteiger partial charge in [-0.1, -0.05) is 53.6 Å². The fourth-order valence-corrected chi connectivity index (χ4v) is 3.37. The highest BCUT2D eigenvalue weighted by Crippen LogP contribution is 2.37. The second kappa shape index (κ2) is 10.5. The molecule has 32 heavy (non-hydrogen) atoms. The summed E-state index contributed by atoms with van der Waals surface area (Å²) in [4.78, 5) is 12.3. The number of nitrogens with zero attached hydrogens (tertiary/aromatic N) is 1. The van der Waals surface area contributed by atoms with Crippen LogP contribution in [0, 0.1) is 25.2 Å². The Kier molecular flexibility index (Phi) is 7.54. The first-order valence-corrected chi connectivity index (χ1v) is 10.3. The highest BCUT2D eigenvalue weighted by atomic mass is 35.5. The molecule has 0 atom stereocenters. The number of ether oxygens (including phenoxy) is 2. The fraction of sp³-hybridized carbons (Fsp3) is 0.154. The van der Waals surface area contributed by atoms with E-state index in [0.717, 1.165) is 16.7 Å². The Labute approximate surface area is 192 Å². The average molecular weight is 447 g/mol. The van der Waals surface area contributed by atoms with Crippen LogP contribution in [0.15, 0.2) is 60.7 Å². The molecule has 0 fully saturated rings. The van der Waals surface area contributed by atoms with Gasteiger partial charge in [0.1, 0.15) is 0 Å². The first kappa shape index (κ1) is 22.9. The largest absolute Gasteiger partial charge is 0.493 e. The Morgan fingerprint density at radius 1 is 1.09 bits per heavy atom. The molecular weight excluding hydrogens is 424 g/mol. The Morgan fingerprint density at radius 3 is 2.50 bits per heavy atom. The molecule has 0 saturated carbocycles. The molecule has 0 spiro atoms. The van der Waals surface area contributed by atoms with Gasteiger partial charge in [-0.15, -0.1) is 0 Å². The minimum atomic E-state index is -0.316. The van der Waals surface area contributed by atoms with E-state index in [1.807, 2.05) is 56.3 Å². The van der Waals surface area contributed by atoms with E-state index >= 15 is 0 Å². The molecule has 0 unspecified atom stereocenters. The van der Waals surface area contributed by atoms with Crippen LogP contribution in [-0.2, 0) is 4.79 Å². The van der Waals surface area contributed by atoms with Crippen molar-refractivity contribution in [2.75, 3.05) is 19.0 Å². The number of nitriles is 1. The lowest BCUT2D eigenvalue weighted by molar-refractivity contribution is -0.118. The molecule has 0 aliphatic heterocycles. The van der Waals surface area contributed by atoms with Crippen LogP contribution in [0.5, 0.6) is 11.5 Å². The van der Waals surface area contributed by atoms with E-state index in [9.17, 15) is 10.1 Å². The summed E-state index contributed by atoms with van der Waals surface area (Å²) in [5.74, 6) is 0.316. The van der Waals surface area contributed by atoms with Gasteiger partial charge in [0.05, 0.1) is 23.8 Å². The molecule has 0 aromatic heterocycles. The highest BCUT2D eigenvalue weighted by Gasteiger charge is 2.14. The molecule has 3 aromatic carbocycles. The van der Waals surface area contributed by atoms with Gasteiger partial charge in [-0.05, 0) is 60.9 Å². The van der Waals surface area contributed by atoms with Crippen molar-refractivity contribution in [3.05, 3.63) is 87.9 Å². The molecule has 0 aliphatic carbocycles. The number of allylic oxidation sites excluding steroid dienone is 1. The van der Waals surface area contributed by atoms with Crippen molar-refractivity contribution in [1.82, 2.24) is 0 Å². The molecule has 3 rings (SSSR count). The minimum absolute atomic E-state index is 0.230. The average Bonchev–Trinajstić information content (AvgIpc) is 2.77. The number of hydrogen-bond acceptors (Lipinski definition) is 4. The maximum absolute atomic E-state index is 12.3. The summed E-state index contributed by atoms with van der Waals surface area (Å²) in [6.45, 7) is 3.71. The number of benzene rings is 3. The van der Waals surface area contributed by atoms with Gasteiger partial charge < -0.3 is 14.8 Å². The van der Waals surface area contributed by atoms with Gasteiger partial charge in [0.2, 0.25) is 0 Å². The lowest BCUT2D eigenvalue weighted by Crippen LogP contribution is -2.20. The number of anilines is 1. The predicted molar refractivity (Wildman–Crippen MR) is 128 cm³/mol. The van der Waals surface area contributed by atoms with Gasteiger partial charge in [0.15, 0.2) is 18.1 Å². The van der Waals surface area contributed by atoms with E-state index in [1.165, 1.54) is 7.11 Å². The molecule has 5 nitrogen and oxygen atoms in total.